The molecule has 3 unspecified atom stereocenters. The second kappa shape index (κ2) is 24.1. The van der Waals surface area contributed by atoms with Crippen molar-refractivity contribution >= 4 is 138 Å². The second-order valence-corrected chi connectivity index (χ2v) is 32.8. The molecule has 6 aromatic rings. The SMILES string of the molecule is CC(=O)N1CCN(c2cc(C)c3c(c2)S(I)=c2cccc(C)c2=N3)CC1.CC(=O)N1CCN(c2cc(C)c3c(c2)S(I)=c2cccc(C)c2=N3)CC1.CC(=O)N1CCN(c2cc(C)c3c(c2)S(I)=c2cccc(C)c2=N3)CC1. The monoisotopic (exact) mass is 1440 g/mol. The van der Waals surface area contributed by atoms with Crippen LogP contribution in [0, 0.1) is 55.1 Å². The minimum Gasteiger partial charge on any atom is -0.368 e. The molecule has 12 nitrogen and oxygen atoms in total. The summed E-state index contributed by atoms with van der Waals surface area (Å²) < 4.78 is 3.99. The summed E-state index contributed by atoms with van der Waals surface area (Å²) in [4.78, 5) is 66.7. The molecular weight excluding hydrogens is 1370 g/mol. The number of hydrogen-bond donors (Lipinski definition) is 0. The third-order valence-corrected chi connectivity index (χ3v) is 28.2. The van der Waals surface area contributed by atoms with E-state index in [4.69, 9.17) is 15.0 Å². The van der Waals surface area contributed by atoms with Crippen molar-refractivity contribution < 1.29 is 14.4 Å². The number of amides is 3. The number of rotatable bonds is 3. The zero-order valence-electron chi connectivity index (χ0n) is 45.8. The summed E-state index contributed by atoms with van der Waals surface area (Å²) in [5.41, 5.74) is 14.6. The van der Waals surface area contributed by atoms with Crippen LogP contribution in [0.1, 0.15) is 54.2 Å². The standard InChI is InChI=1S/3C20H22IN3OS/c3*1-13-5-4-6-17-19(13)22-20-14(2)11-16(12-18(20)26(17)21)24-9-7-23(8-10-24)15(3)25/h3*4-6,11-12H,7-10H2,1-3H3. The molecular formula is C60H66I3N9O3S3. The lowest BCUT2D eigenvalue weighted by Gasteiger charge is -2.36. The number of aryl methyl sites for hydroxylation is 6. The number of hydrogen-bond acceptors (Lipinski definition) is 9. The molecule has 0 radical (unpaired) electrons. The summed E-state index contributed by atoms with van der Waals surface area (Å²) in [7, 11) is -0.0139. The van der Waals surface area contributed by atoms with Crippen LogP contribution in [0.15, 0.2) is 121 Å². The zero-order chi connectivity index (χ0) is 55.3. The van der Waals surface area contributed by atoms with Gasteiger partial charge < -0.3 is 29.4 Å². The van der Waals surface area contributed by atoms with Gasteiger partial charge in [0.05, 0.1) is 33.1 Å². The third-order valence-electron chi connectivity index (χ3n) is 15.5. The van der Waals surface area contributed by atoms with E-state index in [1.807, 2.05) is 14.7 Å². The van der Waals surface area contributed by atoms with Crippen LogP contribution in [-0.4, -0.2) is 111 Å². The number of benzene rings is 6. The number of carbonyl (C=O) groups excluding carboxylic acids is 3. The van der Waals surface area contributed by atoms with Gasteiger partial charge in [-0.1, -0.05) is 59.4 Å². The zero-order valence-corrected chi connectivity index (χ0v) is 54.7. The highest BCUT2D eigenvalue weighted by molar-refractivity contribution is 14.2. The van der Waals surface area contributed by atoms with Gasteiger partial charge in [-0.3, -0.25) is 14.4 Å². The van der Waals surface area contributed by atoms with Crippen LogP contribution in [0.25, 0.3) is 0 Å². The summed E-state index contributed by atoms with van der Waals surface area (Å²) in [6, 6.07) is 33.1. The first-order chi connectivity index (χ1) is 37.4. The Morgan fingerprint density at radius 1 is 0.372 bits per heavy atom. The molecule has 3 atom stereocenters. The number of anilines is 3. The third kappa shape index (κ3) is 11.6. The fraction of sp³-hybridized carbons (Fsp3) is 0.350. The Morgan fingerprint density at radius 3 is 0.846 bits per heavy atom. The predicted molar refractivity (Wildman–Crippen MR) is 349 cm³/mol. The normalized spacial score (nSPS) is 18.8. The summed E-state index contributed by atoms with van der Waals surface area (Å²) in [5, 5.41) is 3.43. The van der Waals surface area contributed by atoms with Crippen molar-refractivity contribution in [3.63, 3.8) is 0 Å². The maximum Gasteiger partial charge on any atom is 0.219 e. The summed E-state index contributed by atoms with van der Waals surface area (Å²) in [6.45, 7) is 28.0. The molecule has 3 saturated heterocycles. The highest BCUT2D eigenvalue weighted by atomic mass is 127. The fourth-order valence-corrected chi connectivity index (χ4v) is 21.3. The van der Waals surface area contributed by atoms with Gasteiger partial charge in [0.1, 0.15) is 0 Å². The van der Waals surface area contributed by atoms with Gasteiger partial charge in [0.25, 0.3) is 0 Å². The molecule has 78 heavy (non-hydrogen) atoms. The van der Waals surface area contributed by atoms with Crippen LogP contribution in [0.2, 0.25) is 0 Å². The maximum absolute atomic E-state index is 11.6. The van der Waals surface area contributed by atoms with Crippen LogP contribution in [0.3, 0.4) is 0 Å². The van der Waals surface area contributed by atoms with E-state index in [9.17, 15) is 14.4 Å². The lowest BCUT2D eigenvalue weighted by molar-refractivity contribution is -0.129. The number of carbonyl (C=O) groups is 3. The average Bonchev–Trinajstić information content (AvgIpc) is 3.57. The Bertz CT molecular complexity index is 3480. The largest absolute Gasteiger partial charge is 0.368 e. The summed E-state index contributed by atoms with van der Waals surface area (Å²) in [6.07, 6.45) is 0. The first-order valence-electron chi connectivity index (χ1n) is 26.5. The van der Waals surface area contributed by atoms with Gasteiger partial charge in [0.2, 0.25) is 17.7 Å². The molecule has 6 aromatic carbocycles. The minimum atomic E-state index is -0.00463. The molecule has 0 aliphatic carbocycles. The highest BCUT2D eigenvalue weighted by Crippen LogP contribution is 2.50. The summed E-state index contributed by atoms with van der Waals surface area (Å²) >= 11 is 7.71. The van der Waals surface area contributed by atoms with Crippen molar-refractivity contribution in [3.8, 4) is 0 Å². The molecule has 0 aromatic heterocycles. The molecule has 0 N–H and O–H groups in total. The van der Waals surface area contributed by atoms with Crippen molar-refractivity contribution in [1.82, 2.24) is 14.7 Å². The Labute approximate surface area is 501 Å². The first-order valence-corrected chi connectivity index (χ1v) is 37.8. The molecule has 6 heterocycles. The van der Waals surface area contributed by atoms with Crippen molar-refractivity contribution in [2.45, 2.75) is 77.0 Å². The number of halogens is 3. The van der Waals surface area contributed by atoms with E-state index in [0.717, 1.165) is 112 Å². The second-order valence-electron chi connectivity index (χ2n) is 20.7. The van der Waals surface area contributed by atoms with Gasteiger partial charge >= 0.3 is 0 Å². The molecule has 0 bridgehead atoms. The molecule has 0 saturated carbocycles. The predicted octanol–water partition coefficient (Wildman–Crippen LogP) is 12.5. The molecule has 408 valence electrons. The van der Waals surface area contributed by atoms with Crippen molar-refractivity contribution in [2.75, 3.05) is 93.2 Å². The lowest BCUT2D eigenvalue weighted by atomic mass is 10.1. The maximum atomic E-state index is 11.6. The van der Waals surface area contributed by atoms with Gasteiger partial charge in [0, 0.05) is 145 Å². The molecule has 6 aliphatic rings. The quantitative estimate of drug-likeness (QED) is 0.129. The summed E-state index contributed by atoms with van der Waals surface area (Å²) in [5.74, 6) is 0.516. The van der Waals surface area contributed by atoms with Crippen LogP contribution in [0.4, 0.5) is 34.1 Å². The Hall–Kier alpha value is -4.23. The van der Waals surface area contributed by atoms with Crippen molar-refractivity contribution in [2.24, 2.45) is 15.0 Å². The fourth-order valence-electron chi connectivity index (χ4n) is 10.9. The molecule has 6 aliphatic heterocycles. The van der Waals surface area contributed by atoms with Gasteiger partial charge in [-0.2, -0.15) is 0 Å². The van der Waals surface area contributed by atoms with E-state index in [-0.39, 0.29) is 40.7 Å². The van der Waals surface area contributed by atoms with E-state index in [0.29, 0.717) is 0 Å². The highest BCUT2D eigenvalue weighted by Gasteiger charge is 2.26. The van der Waals surface area contributed by atoms with Gasteiger partial charge in [-0.15, -0.1) is 0 Å². The lowest BCUT2D eigenvalue weighted by Crippen LogP contribution is -2.48. The number of piperazine rings is 3. The number of para-hydroxylation sites is 3. The molecule has 18 heteroatoms. The minimum absolute atomic E-state index is 0.00463. The van der Waals surface area contributed by atoms with E-state index < -0.39 is 0 Å². The van der Waals surface area contributed by atoms with Crippen LogP contribution in [-0.2, 0) is 14.4 Å². The van der Waals surface area contributed by atoms with Crippen LogP contribution < -0.4 is 30.8 Å². The molecule has 12 rings (SSSR count). The average molecular weight is 1440 g/mol. The number of fused-ring (bicyclic) bond motifs is 6. The molecule has 3 fully saturated rings. The van der Waals surface area contributed by atoms with E-state index in [1.54, 1.807) is 20.8 Å². The van der Waals surface area contributed by atoms with Crippen LogP contribution >= 0.6 is 86.6 Å². The Kier molecular flexibility index (Phi) is 17.6. The molecule has 0 spiro atoms. The van der Waals surface area contributed by atoms with E-state index in [2.05, 4.69) is 211 Å². The smallest absolute Gasteiger partial charge is 0.219 e. The van der Waals surface area contributed by atoms with E-state index >= 15 is 0 Å². The topological polar surface area (TPSA) is 108 Å². The van der Waals surface area contributed by atoms with Crippen LogP contribution in [0.5, 0.6) is 0 Å². The molecule has 3 amide bonds. The van der Waals surface area contributed by atoms with Gasteiger partial charge in [-0.25, -0.2) is 15.0 Å². The Balaban J connectivity index is 0.000000132. The Morgan fingerprint density at radius 2 is 0.615 bits per heavy atom. The number of nitrogens with zero attached hydrogens (tertiary/aromatic N) is 9. The first kappa shape index (κ1) is 57.0. The van der Waals surface area contributed by atoms with Gasteiger partial charge in [0.15, 0.2) is 0 Å². The van der Waals surface area contributed by atoms with Gasteiger partial charge in [-0.05, 0) is 193 Å². The van der Waals surface area contributed by atoms with Crippen molar-refractivity contribution in [1.29, 1.82) is 0 Å². The van der Waals surface area contributed by atoms with Crippen molar-refractivity contribution in [3.05, 3.63) is 154 Å². The van der Waals surface area contributed by atoms with E-state index in [1.165, 1.54) is 78.7 Å².